The molecule has 0 aromatic carbocycles. The summed E-state index contributed by atoms with van der Waals surface area (Å²) >= 11 is 0. The molecule has 49 heavy (non-hydrogen) atoms. The molecule has 3 saturated carbocycles. The largest absolute Gasteiger partial charge is 0.347 e. The minimum Gasteiger partial charge on any atom is -0.347 e. The Bertz CT molecular complexity index is 1280. The molecule has 6 atom stereocenters. The van der Waals surface area contributed by atoms with Gasteiger partial charge in [-0.25, -0.2) is 4.79 Å². The van der Waals surface area contributed by atoms with Crippen molar-refractivity contribution >= 4 is 35.4 Å². The fourth-order valence-corrected chi connectivity index (χ4v) is 8.02. The van der Waals surface area contributed by atoms with E-state index in [-0.39, 0.29) is 47.1 Å². The van der Waals surface area contributed by atoms with Crippen LogP contribution < -0.4 is 21.3 Å². The van der Waals surface area contributed by atoms with Crippen molar-refractivity contribution in [2.75, 3.05) is 19.6 Å². The van der Waals surface area contributed by atoms with Crippen LogP contribution in [0.2, 0.25) is 0 Å². The summed E-state index contributed by atoms with van der Waals surface area (Å²) in [4.78, 5) is 84.6. The molecule has 5 aliphatic rings. The van der Waals surface area contributed by atoms with Gasteiger partial charge in [-0.15, -0.1) is 0 Å². The zero-order chi connectivity index (χ0) is 35.7. The molecule has 5 rings (SSSR count). The van der Waals surface area contributed by atoms with E-state index in [9.17, 15) is 28.8 Å². The molecule has 0 aromatic rings. The van der Waals surface area contributed by atoms with Gasteiger partial charge in [-0.3, -0.25) is 24.0 Å². The third-order valence-corrected chi connectivity index (χ3v) is 11.6. The van der Waals surface area contributed by atoms with Crippen molar-refractivity contribution in [3.8, 4) is 0 Å². The van der Waals surface area contributed by atoms with Gasteiger partial charge in [0.05, 0.1) is 12.1 Å². The lowest BCUT2D eigenvalue weighted by Crippen LogP contribution is -2.62. The molecular formula is C37H60N6O6. The number of urea groups is 1. The van der Waals surface area contributed by atoms with Gasteiger partial charge < -0.3 is 31.1 Å². The van der Waals surface area contributed by atoms with Crippen LogP contribution >= 0.6 is 0 Å². The van der Waals surface area contributed by atoms with E-state index in [1.807, 2.05) is 46.4 Å². The van der Waals surface area contributed by atoms with Gasteiger partial charge in [-0.2, -0.15) is 0 Å². The van der Waals surface area contributed by atoms with Crippen molar-refractivity contribution in [1.29, 1.82) is 0 Å². The number of Topliss-reactive ketones (excluding diaryl/α,β-unsaturated/α-hetero) is 1. The van der Waals surface area contributed by atoms with Crippen LogP contribution in [-0.2, 0) is 24.0 Å². The van der Waals surface area contributed by atoms with Crippen LogP contribution in [0, 0.1) is 28.6 Å². The molecule has 0 radical (unpaired) electrons. The Morgan fingerprint density at radius 1 is 0.816 bits per heavy atom. The quantitative estimate of drug-likeness (QED) is 0.231. The Morgan fingerprint density at radius 3 is 2.10 bits per heavy atom. The minimum absolute atomic E-state index is 0.0312. The van der Waals surface area contributed by atoms with Crippen LogP contribution in [0.1, 0.15) is 119 Å². The molecule has 12 heteroatoms. The first-order chi connectivity index (χ1) is 23.0. The first kappa shape index (κ1) is 37.1. The molecule has 4 N–H and O–H groups in total. The zero-order valence-electron chi connectivity index (χ0n) is 30.6. The molecule has 0 bridgehead atoms. The number of carbonyl (C=O) groups is 6. The summed E-state index contributed by atoms with van der Waals surface area (Å²) in [6, 6.07) is -3.47. The Hall–Kier alpha value is -3.18. The van der Waals surface area contributed by atoms with Crippen molar-refractivity contribution < 1.29 is 28.8 Å². The fraction of sp³-hybridized carbons (Fsp3) is 0.838. The summed E-state index contributed by atoms with van der Waals surface area (Å²) in [7, 11) is 0. The number of nitrogens with one attached hydrogen (secondary N) is 4. The van der Waals surface area contributed by atoms with Crippen LogP contribution in [-0.4, -0.2) is 95.1 Å². The SMILES string of the molecule is CC(C)(C)[C@H](NC(=O)N[C@H](CN1CCCCC1=O)C(C)(C)C)C(=O)N1C[C@@H]2CCC[C@@H]2[C@H]1C(=O)NC(CC1CCC1)C(=O)C(=O)NC1CC1. The second-order valence-electron chi connectivity index (χ2n) is 17.6. The average Bonchev–Trinajstić information content (AvgIpc) is 3.56. The Morgan fingerprint density at radius 2 is 1.51 bits per heavy atom. The Labute approximate surface area is 292 Å². The van der Waals surface area contributed by atoms with E-state index in [4.69, 9.17) is 0 Å². The Balaban J connectivity index is 1.31. The van der Waals surface area contributed by atoms with Crippen molar-refractivity contribution in [2.45, 2.75) is 149 Å². The molecule has 0 spiro atoms. The zero-order valence-corrected chi connectivity index (χ0v) is 30.6. The molecule has 0 aromatic heterocycles. The molecule has 5 fully saturated rings. The van der Waals surface area contributed by atoms with Crippen molar-refractivity contribution in [2.24, 2.45) is 28.6 Å². The first-order valence-electron chi connectivity index (χ1n) is 18.8. The van der Waals surface area contributed by atoms with E-state index in [0.29, 0.717) is 32.5 Å². The topological polar surface area (TPSA) is 157 Å². The fourth-order valence-electron chi connectivity index (χ4n) is 8.02. The molecule has 12 nitrogen and oxygen atoms in total. The lowest BCUT2D eigenvalue weighted by molar-refractivity contribution is -0.144. The highest BCUT2D eigenvalue weighted by atomic mass is 16.2. The molecule has 2 saturated heterocycles. The summed E-state index contributed by atoms with van der Waals surface area (Å²) in [6.45, 7) is 13.2. The number of carbonyl (C=O) groups excluding carboxylic acids is 6. The number of nitrogens with zero attached hydrogens (tertiary/aromatic N) is 2. The van der Waals surface area contributed by atoms with Crippen molar-refractivity contribution in [3.63, 3.8) is 0 Å². The first-order valence-corrected chi connectivity index (χ1v) is 18.8. The van der Waals surface area contributed by atoms with Gasteiger partial charge in [0.2, 0.25) is 23.5 Å². The summed E-state index contributed by atoms with van der Waals surface area (Å²) in [6.07, 6.45) is 10.1. The lowest BCUT2D eigenvalue weighted by atomic mass is 9.80. The second-order valence-corrected chi connectivity index (χ2v) is 17.6. The highest BCUT2D eigenvalue weighted by Crippen LogP contribution is 2.43. The number of fused-ring (bicyclic) bond motifs is 1. The molecule has 2 aliphatic heterocycles. The van der Waals surface area contributed by atoms with E-state index in [1.54, 1.807) is 4.90 Å². The molecule has 1 unspecified atom stereocenters. The summed E-state index contributed by atoms with van der Waals surface area (Å²) in [5.41, 5.74) is -1.04. The van der Waals surface area contributed by atoms with Crippen molar-refractivity contribution in [3.05, 3.63) is 0 Å². The number of rotatable bonds is 12. The number of ketones is 1. The van der Waals surface area contributed by atoms with Gasteiger partial charge in [0.25, 0.3) is 5.91 Å². The second kappa shape index (κ2) is 15.0. The molecule has 274 valence electrons. The van der Waals surface area contributed by atoms with E-state index < -0.39 is 47.2 Å². The van der Waals surface area contributed by atoms with Crippen LogP contribution in [0.15, 0.2) is 0 Å². The number of likely N-dealkylation sites (tertiary alicyclic amines) is 2. The number of piperidine rings is 1. The number of hydrogen-bond acceptors (Lipinski definition) is 6. The van der Waals surface area contributed by atoms with Gasteiger partial charge >= 0.3 is 6.03 Å². The highest BCUT2D eigenvalue weighted by Gasteiger charge is 2.52. The standard InChI is InChI=1S/C37H60N6O6/c1-36(2,3)27(21-42-18-8-7-15-28(42)44)40-35(49)41-31(37(4,5)6)34(48)43-20-23-13-10-14-25(23)29(43)32(46)39-26(19-22-11-9-12-22)30(45)33(47)38-24-16-17-24/h22-27,29,31H,7-21H2,1-6H3,(H,38,47)(H,39,46)(H2,40,41,49)/t23-,25-,26?,27+,29-,31+/m0/s1. The average molecular weight is 685 g/mol. The van der Waals surface area contributed by atoms with E-state index in [2.05, 4.69) is 21.3 Å². The predicted octanol–water partition coefficient (Wildman–Crippen LogP) is 3.28. The van der Waals surface area contributed by atoms with E-state index >= 15 is 0 Å². The smallest absolute Gasteiger partial charge is 0.315 e. The predicted molar refractivity (Wildman–Crippen MR) is 185 cm³/mol. The number of amides is 6. The maximum atomic E-state index is 14.5. The van der Waals surface area contributed by atoms with E-state index in [0.717, 1.165) is 64.2 Å². The third kappa shape index (κ3) is 9.14. The van der Waals surface area contributed by atoms with Gasteiger partial charge in [0, 0.05) is 32.1 Å². The van der Waals surface area contributed by atoms with Gasteiger partial charge in [-0.05, 0) is 73.5 Å². The van der Waals surface area contributed by atoms with Crippen LogP contribution in [0.4, 0.5) is 4.79 Å². The lowest BCUT2D eigenvalue weighted by Gasteiger charge is -2.39. The summed E-state index contributed by atoms with van der Waals surface area (Å²) in [5.74, 6) is -1.51. The molecule has 2 heterocycles. The molecule has 3 aliphatic carbocycles. The Kier molecular flexibility index (Phi) is 11.3. The third-order valence-electron chi connectivity index (χ3n) is 11.6. The summed E-state index contributed by atoms with van der Waals surface area (Å²) in [5, 5.41) is 11.8. The maximum absolute atomic E-state index is 14.5. The maximum Gasteiger partial charge on any atom is 0.315 e. The van der Waals surface area contributed by atoms with Crippen LogP contribution in [0.5, 0.6) is 0 Å². The summed E-state index contributed by atoms with van der Waals surface area (Å²) < 4.78 is 0. The molecular weight excluding hydrogens is 624 g/mol. The minimum atomic E-state index is -0.935. The monoisotopic (exact) mass is 684 g/mol. The van der Waals surface area contributed by atoms with Crippen LogP contribution in [0.25, 0.3) is 0 Å². The number of hydrogen-bond donors (Lipinski definition) is 4. The normalized spacial score (nSPS) is 26.2. The van der Waals surface area contributed by atoms with E-state index in [1.165, 1.54) is 0 Å². The highest BCUT2D eigenvalue weighted by molar-refractivity contribution is 6.38. The van der Waals surface area contributed by atoms with Crippen molar-refractivity contribution in [1.82, 2.24) is 31.1 Å². The van der Waals surface area contributed by atoms with Gasteiger partial charge in [0.1, 0.15) is 12.1 Å². The van der Waals surface area contributed by atoms with Crippen LogP contribution in [0.3, 0.4) is 0 Å². The molecule has 6 amide bonds. The van der Waals surface area contributed by atoms with Gasteiger partial charge in [0.15, 0.2) is 0 Å². The van der Waals surface area contributed by atoms with Gasteiger partial charge in [-0.1, -0.05) is 67.2 Å².